The Balaban J connectivity index is 2.15. The predicted octanol–water partition coefficient (Wildman–Crippen LogP) is 2.39. The summed E-state index contributed by atoms with van der Waals surface area (Å²) in [5.41, 5.74) is 7.26. The van der Waals surface area contributed by atoms with Gasteiger partial charge in [-0.25, -0.2) is 0 Å². The standard InChI is InChI=1S/C12H13F2N3O/c1-7-6-10(16-17-11(7)15)8-2-4-9(5-3-8)18-12(13)14/h2-5,7,12H,6H2,1H3,(H2,15,17). The lowest BCUT2D eigenvalue weighted by atomic mass is 9.97. The number of halogens is 2. The Labute approximate surface area is 103 Å². The Hall–Kier alpha value is -1.98. The van der Waals surface area contributed by atoms with Crippen LogP contribution in [0.3, 0.4) is 0 Å². The maximum Gasteiger partial charge on any atom is 0.387 e. The molecule has 1 aliphatic heterocycles. The highest BCUT2D eigenvalue weighted by Gasteiger charge is 2.17. The molecule has 1 aliphatic rings. The molecule has 2 rings (SSSR count). The lowest BCUT2D eigenvalue weighted by Crippen LogP contribution is -2.26. The number of amidine groups is 1. The highest BCUT2D eigenvalue weighted by Crippen LogP contribution is 2.19. The number of ether oxygens (including phenoxy) is 1. The first kappa shape index (κ1) is 12.5. The first-order valence-electron chi connectivity index (χ1n) is 5.51. The zero-order valence-electron chi connectivity index (χ0n) is 9.81. The number of benzene rings is 1. The number of nitrogens with zero attached hydrogens (tertiary/aromatic N) is 2. The van der Waals surface area contributed by atoms with E-state index in [1.165, 1.54) is 12.1 Å². The third kappa shape index (κ3) is 2.82. The smallest absolute Gasteiger partial charge is 0.387 e. The van der Waals surface area contributed by atoms with E-state index in [2.05, 4.69) is 14.9 Å². The van der Waals surface area contributed by atoms with Crippen LogP contribution in [0, 0.1) is 5.92 Å². The van der Waals surface area contributed by atoms with Gasteiger partial charge in [0.05, 0.1) is 5.71 Å². The Kier molecular flexibility index (Phi) is 3.55. The van der Waals surface area contributed by atoms with Crippen LogP contribution in [0.1, 0.15) is 18.9 Å². The fourth-order valence-corrected chi connectivity index (χ4v) is 1.66. The van der Waals surface area contributed by atoms with Gasteiger partial charge in [0.15, 0.2) is 0 Å². The maximum absolute atomic E-state index is 12.0. The molecular weight excluding hydrogens is 240 g/mol. The maximum atomic E-state index is 12.0. The second kappa shape index (κ2) is 5.12. The monoisotopic (exact) mass is 253 g/mol. The SMILES string of the molecule is CC1CC(c2ccc(OC(F)F)cc2)=NN=C1N. The van der Waals surface area contributed by atoms with E-state index in [1.807, 2.05) is 6.92 Å². The average molecular weight is 253 g/mol. The van der Waals surface area contributed by atoms with E-state index < -0.39 is 6.61 Å². The first-order valence-corrected chi connectivity index (χ1v) is 5.51. The normalized spacial score (nSPS) is 19.4. The van der Waals surface area contributed by atoms with Crippen molar-refractivity contribution in [1.29, 1.82) is 0 Å². The van der Waals surface area contributed by atoms with Crippen LogP contribution in [0.2, 0.25) is 0 Å². The van der Waals surface area contributed by atoms with Crippen LogP contribution in [-0.4, -0.2) is 18.2 Å². The Bertz CT molecular complexity index is 483. The van der Waals surface area contributed by atoms with Gasteiger partial charge < -0.3 is 10.5 Å². The van der Waals surface area contributed by atoms with Crippen LogP contribution in [0.5, 0.6) is 5.75 Å². The Morgan fingerprint density at radius 2 is 1.94 bits per heavy atom. The van der Waals surface area contributed by atoms with Crippen molar-refractivity contribution in [3.8, 4) is 5.75 Å². The summed E-state index contributed by atoms with van der Waals surface area (Å²) in [5, 5.41) is 7.88. The summed E-state index contributed by atoms with van der Waals surface area (Å²) in [6.45, 7) is -0.853. The van der Waals surface area contributed by atoms with E-state index in [9.17, 15) is 8.78 Å². The molecule has 4 nitrogen and oxygen atoms in total. The minimum Gasteiger partial charge on any atom is -0.435 e. The van der Waals surface area contributed by atoms with Crippen molar-refractivity contribution in [2.24, 2.45) is 21.9 Å². The van der Waals surface area contributed by atoms with Gasteiger partial charge in [-0.15, -0.1) is 5.10 Å². The number of hydrogen-bond donors (Lipinski definition) is 1. The van der Waals surface area contributed by atoms with E-state index in [-0.39, 0.29) is 11.7 Å². The van der Waals surface area contributed by atoms with Crippen LogP contribution >= 0.6 is 0 Å². The summed E-state index contributed by atoms with van der Waals surface area (Å²) in [7, 11) is 0. The molecule has 1 heterocycles. The van der Waals surface area contributed by atoms with Crippen LogP contribution in [0.15, 0.2) is 34.5 Å². The molecule has 0 aliphatic carbocycles. The summed E-state index contributed by atoms with van der Waals surface area (Å²) in [4.78, 5) is 0. The lowest BCUT2D eigenvalue weighted by molar-refractivity contribution is -0.0498. The van der Waals surface area contributed by atoms with Gasteiger partial charge in [0.2, 0.25) is 0 Å². The van der Waals surface area contributed by atoms with E-state index in [0.29, 0.717) is 12.3 Å². The Morgan fingerprint density at radius 3 is 2.50 bits per heavy atom. The zero-order chi connectivity index (χ0) is 13.1. The van der Waals surface area contributed by atoms with Crippen molar-refractivity contribution in [3.05, 3.63) is 29.8 Å². The summed E-state index contributed by atoms with van der Waals surface area (Å²) in [6.07, 6.45) is 0.685. The summed E-state index contributed by atoms with van der Waals surface area (Å²) in [5.74, 6) is 0.770. The van der Waals surface area contributed by atoms with Crippen molar-refractivity contribution in [1.82, 2.24) is 0 Å². The second-order valence-corrected chi connectivity index (χ2v) is 4.08. The summed E-state index contributed by atoms with van der Waals surface area (Å²) in [6, 6.07) is 6.33. The third-order valence-corrected chi connectivity index (χ3v) is 2.70. The topological polar surface area (TPSA) is 60.0 Å². The molecule has 0 spiro atoms. The molecule has 1 aromatic rings. The van der Waals surface area contributed by atoms with Crippen molar-refractivity contribution in [3.63, 3.8) is 0 Å². The first-order chi connectivity index (χ1) is 8.56. The van der Waals surface area contributed by atoms with Crippen molar-refractivity contribution in [2.45, 2.75) is 20.0 Å². The van der Waals surface area contributed by atoms with Gasteiger partial charge in [0, 0.05) is 12.3 Å². The van der Waals surface area contributed by atoms with Crippen LogP contribution < -0.4 is 10.5 Å². The van der Waals surface area contributed by atoms with Gasteiger partial charge in [0.25, 0.3) is 0 Å². The number of nitrogens with two attached hydrogens (primary N) is 1. The van der Waals surface area contributed by atoms with Gasteiger partial charge in [-0.3, -0.25) is 0 Å². The summed E-state index contributed by atoms with van der Waals surface area (Å²) < 4.78 is 28.3. The van der Waals surface area contributed by atoms with Crippen LogP contribution in [0.4, 0.5) is 8.78 Å². The lowest BCUT2D eigenvalue weighted by Gasteiger charge is -2.16. The largest absolute Gasteiger partial charge is 0.435 e. The fourth-order valence-electron chi connectivity index (χ4n) is 1.66. The Morgan fingerprint density at radius 1 is 1.28 bits per heavy atom. The molecule has 96 valence electrons. The van der Waals surface area contributed by atoms with E-state index in [1.54, 1.807) is 12.1 Å². The molecular formula is C12H13F2N3O. The van der Waals surface area contributed by atoms with Crippen LogP contribution in [-0.2, 0) is 0 Å². The molecule has 0 radical (unpaired) electrons. The summed E-state index contributed by atoms with van der Waals surface area (Å²) >= 11 is 0. The molecule has 0 amide bonds. The number of rotatable bonds is 3. The molecule has 0 aromatic heterocycles. The van der Waals surface area contributed by atoms with E-state index >= 15 is 0 Å². The van der Waals surface area contributed by atoms with Crippen molar-refractivity contribution >= 4 is 11.5 Å². The van der Waals surface area contributed by atoms with E-state index in [0.717, 1.165) is 11.3 Å². The quantitative estimate of drug-likeness (QED) is 0.899. The highest BCUT2D eigenvalue weighted by atomic mass is 19.3. The minimum atomic E-state index is -2.81. The molecule has 2 N–H and O–H groups in total. The van der Waals surface area contributed by atoms with Crippen LogP contribution in [0.25, 0.3) is 0 Å². The molecule has 0 saturated carbocycles. The minimum absolute atomic E-state index is 0.126. The third-order valence-electron chi connectivity index (χ3n) is 2.70. The molecule has 0 saturated heterocycles. The molecule has 6 heteroatoms. The molecule has 1 aromatic carbocycles. The molecule has 18 heavy (non-hydrogen) atoms. The highest BCUT2D eigenvalue weighted by molar-refractivity contribution is 6.04. The molecule has 1 atom stereocenters. The van der Waals surface area contributed by atoms with Crippen molar-refractivity contribution < 1.29 is 13.5 Å². The number of hydrogen-bond acceptors (Lipinski definition) is 4. The van der Waals surface area contributed by atoms with Gasteiger partial charge in [-0.1, -0.05) is 6.92 Å². The van der Waals surface area contributed by atoms with Crippen molar-refractivity contribution in [2.75, 3.05) is 0 Å². The molecule has 1 unspecified atom stereocenters. The molecule has 0 bridgehead atoms. The van der Waals surface area contributed by atoms with Gasteiger partial charge in [-0.2, -0.15) is 13.9 Å². The second-order valence-electron chi connectivity index (χ2n) is 4.08. The number of alkyl halides is 2. The predicted molar refractivity (Wildman–Crippen MR) is 65.0 cm³/mol. The average Bonchev–Trinajstić information content (AvgIpc) is 2.33. The molecule has 0 fully saturated rings. The van der Waals surface area contributed by atoms with Gasteiger partial charge in [0.1, 0.15) is 11.6 Å². The van der Waals surface area contributed by atoms with Gasteiger partial charge in [-0.05, 0) is 29.8 Å². The zero-order valence-corrected chi connectivity index (χ0v) is 9.81. The van der Waals surface area contributed by atoms with E-state index in [4.69, 9.17) is 5.73 Å². The van der Waals surface area contributed by atoms with Gasteiger partial charge >= 0.3 is 6.61 Å². The fraction of sp³-hybridized carbons (Fsp3) is 0.333.